The summed E-state index contributed by atoms with van der Waals surface area (Å²) in [5.74, 6) is 0.723. The summed E-state index contributed by atoms with van der Waals surface area (Å²) in [5, 5.41) is 0.787. The van der Waals surface area contributed by atoms with Crippen LogP contribution in [0.25, 0.3) is 0 Å². The Hall–Kier alpha value is -1.91. The highest BCUT2D eigenvalue weighted by Gasteiger charge is 2.25. The molecule has 0 radical (unpaired) electrons. The van der Waals surface area contributed by atoms with Crippen LogP contribution >= 0.6 is 23.2 Å². The summed E-state index contributed by atoms with van der Waals surface area (Å²) < 4.78 is 5.18. The van der Waals surface area contributed by atoms with Gasteiger partial charge >= 0.3 is 0 Å². The van der Waals surface area contributed by atoms with Crippen LogP contribution in [0.2, 0.25) is 10.0 Å². The summed E-state index contributed by atoms with van der Waals surface area (Å²) in [7, 11) is 1.65. The van der Waals surface area contributed by atoms with E-state index in [4.69, 9.17) is 27.9 Å². The van der Waals surface area contributed by atoms with E-state index in [1.807, 2.05) is 24.3 Å². The van der Waals surface area contributed by atoms with E-state index in [9.17, 15) is 4.79 Å². The lowest BCUT2D eigenvalue weighted by Crippen LogP contribution is -2.48. The first-order valence-corrected chi connectivity index (χ1v) is 8.48. The van der Waals surface area contributed by atoms with E-state index in [1.165, 1.54) is 0 Å². The number of hydrogen-bond donors (Lipinski definition) is 0. The molecule has 1 aliphatic heterocycles. The van der Waals surface area contributed by atoms with Crippen molar-refractivity contribution in [2.24, 2.45) is 0 Å². The first-order valence-electron chi connectivity index (χ1n) is 7.72. The molecular weight excluding hydrogens is 347 g/mol. The van der Waals surface area contributed by atoms with Crippen molar-refractivity contribution in [2.45, 2.75) is 0 Å². The minimum Gasteiger partial charge on any atom is -0.497 e. The van der Waals surface area contributed by atoms with Gasteiger partial charge in [0.2, 0.25) is 0 Å². The van der Waals surface area contributed by atoms with Crippen molar-refractivity contribution in [3.8, 4) is 5.75 Å². The van der Waals surface area contributed by atoms with Crippen LogP contribution in [0.5, 0.6) is 5.75 Å². The molecule has 2 aromatic rings. The molecule has 6 heteroatoms. The Kier molecular flexibility index (Phi) is 5.17. The van der Waals surface area contributed by atoms with Crippen LogP contribution < -0.4 is 9.64 Å². The molecule has 4 nitrogen and oxygen atoms in total. The fourth-order valence-electron chi connectivity index (χ4n) is 2.82. The highest BCUT2D eigenvalue weighted by atomic mass is 35.5. The van der Waals surface area contributed by atoms with Crippen molar-refractivity contribution in [1.29, 1.82) is 0 Å². The number of amides is 1. The summed E-state index contributed by atoms with van der Waals surface area (Å²) in [6.45, 7) is 2.79. The van der Waals surface area contributed by atoms with Gasteiger partial charge in [0.15, 0.2) is 0 Å². The fraction of sp³-hybridized carbons (Fsp3) is 0.278. The zero-order valence-electron chi connectivity index (χ0n) is 13.3. The normalized spacial score (nSPS) is 14.6. The molecule has 1 saturated heterocycles. The van der Waals surface area contributed by atoms with E-state index >= 15 is 0 Å². The smallest absolute Gasteiger partial charge is 0.257 e. The zero-order valence-corrected chi connectivity index (χ0v) is 14.8. The number of anilines is 1. The van der Waals surface area contributed by atoms with Gasteiger partial charge in [-0.3, -0.25) is 4.79 Å². The molecule has 0 atom stereocenters. The molecule has 2 aromatic carbocycles. The summed E-state index contributed by atoms with van der Waals surface area (Å²) in [4.78, 5) is 16.7. The summed E-state index contributed by atoms with van der Waals surface area (Å²) >= 11 is 12.3. The van der Waals surface area contributed by atoms with E-state index in [0.29, 0.717) is 28.7 Å². The molecule has 0 aliphatic carbocycles. The fourth-order valence-corrected chi connectivity index (χ4v) is 3.38. The molecule has 1 heterocycles. The first kappa shape index (κ1) is 16.9. The van der Waals surface area contributed by atoms with Crippen LogP contribution in [0.15, 0.2) is 42.5 Å². The summed E-state index contributed by atoms with van der Waals surface area (Å²) in [6, 6.07) is 13.1. The minimum atomic E-state index is -0.111. The molecule has 1 aliphatic rings. The third-order valence-corrected chi connectivity index (χ3v) is 4.81. The number of rotatable bonds is 3. The topological polar surface area (TPSA) is 32.8 Å². The molecule has 0 unspecified atom stereocenters. The second-order valence-electron chi connectivity index (χ2n) is 5.57. The van der Waals surface area contributed by atoms with Gasteiger partial charge in [-0.2, -0.15) is 0 Å². The highest BCUT2D eigenvalue weighted by molar-refractivity contribution is 6.39. The number of nitrogens with zero attached hydrogens (tertiary/aromatic N) is 2. The van der Waals surface area contributed by atoms with Crippen molar-refractivity contribution in [2.75, 3.05) is 38.2 Å². The van der Waals surface area contributed by atoms with Gasteiger partial charge in [-0.05, 0) is 36.4 Å². The monoisotopic (exact) mass is 364 g/mol. The van der Waals surface area contributed by atoms with Crippen LogP contribution in [0.3, 0.4) is 0 Å². The van der Waals surface area contributed by atoms with Gasteiger partial charge in [0.1, 0.15) is 5.75 Å². The average molecular weight is 365 g/mol. The van der Waals surface area contributed by atoms with Crippen LogP contribution in [0.4, 0.5) is 5.69 Å². The molecule has 3 rings (SSSR count). The number of carbonyl (C=O) groups excluding carboxylic acids is 1. The molecule has 1 amide bonds. The molecule has 0 aromatic heterocycles. The third-order valence-electron chi connectivity index (χ3n) is 4.18. The van der Waals surface area contributed by atoms with Gasteiger partial charge in [0, 0.05) is 31.9 Å². The Morgan fingerprint density at radius 3 is 2.08 bits per heavy atom. The van der Waals surface area contributed by atoms with E-state index < -0.39 is 0 Å². The molecular formula is C18H18Cl2N2O2. The zero-order chi connectivity index (χ0) is 17.1. The molecule has 0 bridgehead atoms. The van der Waals surface area contributed by atoms with Crippen LogP contribution in [0.1, 0.15) is 10.4 Å². The Morgan fingerprint density at radius 2 is 1.54 bits per heavy atom. The maximum absolute atomic E-state index is 12.7. The van der Waals surface area contributed by atoms with Crippen LogP contribution in [-0.4, -0.2) is 44.1 Å². The molecule has 0 spiro atoms. The SMILES string of the molecule is COc1ccc(N2CCN(C(=O)c3c(Cl)cccc3Cl)CC2)cc1. The predicted molar refractivity (Wildman–Crippen MR) is 97.6 cm³/mol. The van der Waals surface area contributed by atoms with Crippen molar-refractivity contribution < 1.29 is 9.53 Å². The maximum Gasteiger partial charge on any atom is 0.257 e. The molecule has 1 fully saturated rings. The van der Waals surface area contributed by atoms with Gasteiger partial charge < -0.3 is 14.5 Å². The van der Waals surface area contributed by atoms with Crippen LogP contribution in [-0.2, 0) is 0 Å². The van der Waals surface area contributed by atoms with Crippen molar-refractivity contribution in [3.05, 3.63) is 58.1 Å². The number of benzene rings is 2. The Balaban J connectivity index is 1.67. The van der Waals surface area contributed by atoms with Crippen molar-refractivity contribution >= 4 is 34.8 Å². The van der Waals surface area contributed by atoms with Crippen molar-refractivity contribution in [1.82, 2.24) is 4.90 Å². The van der Waals surface area contributed by atoms with Crippen molar-refractivity contribution in [3.63, 3.8) is 0 Å². The number of methoxy groups -OCH3 is 1. The van der Waals surface area contributed by atoms with E-state index in [2.05, 4.69) is 4.90 Å². The molecule has 0 saturated carbocycles. The van der Waals surface area contributed by atoms with Gasteiger partial charge in [-0.25, -0.2) is 0 Å². The third kappa shape index (κ3) is 3.45. The summed E-state index contributed by atoms with van der Waals surface area (Å²) in [5.41, 5.74) is 1.51. The average Bonchev–Trinajstić information content (AvgIpc) is 2.62. The second kappa shape index (κ2) is 7.32. The van der Waals surface area contributed by atoms with Gasteiger partial charge in [-0.15, -0.1) is 0 Å². The first-order chi connectivity index (χ1) is 11.6. The molecule has 24 heavy (non-hydrogen) atoms. The summed E-state index contributed by atoms with van der Waals surface area (Å²) in [6.07, 6.45) is 0. The standard InChI is InChI=1S/C18H18Cl2N2O2/c1-24-14-7-5-13(6-8-14)21-9-11-22(12-10-21)18(23)17-15(19)3-2-4-16(17)20/h2-8H,9-12H2,1H3. The molecule has 0 N–H and O–H groups in total. The number of carbonyl (C=O) groups is 1. The Bertz CT molecular complexity index is 706. The minimum absolute atomic E-state index is 0.111. The highest BCUT2D eigenvalue weighted by Crippen LogP contribution is 2.27. The lowest BCUT2D eigenvalue weighted by molar-refractivity contribution is 0.0747. The van der Waals surface area contributed by atoms with Gasteiger partial charge in [-0.1, -0.05) is 29.3 Å². The largest absolute Gasteiger partial charge is 0.497 e. The van der Waals surface area contributed by atoms with Gasteiger partial charge in [0.05, 0.1) is 22.7 Å². The number of hydrogen-bond acceptors (Lipinski definition) is 3. The number of halogens is 2. The van der Waals surface area contributed by atoms with Gasteiger partial charge in [0.25, 0.3) is 5.91 Å². The van der Waals surface area contributed by atoms with E-state index in [-0.39, 0.29) is 5.91 Å². The predicted octanol–water partition coefficient (Wildman–Crippen LogP) is 3.96. The lowest BCUT2D eigenvalue weighted by Gasteiger charge is -2.36. The second-order valence-corrected chi connectivity index (χ2v) is 6.39. The molecule has 126 valence electrons. The maximum atomic E-state index is 12.7. The quantitative estimate of drug-likeness (QED) is 0.825. The van der Waals surface area contributed by atoms with E-state index in [0.717, 1.165) is 24.5 Å². The number of ether oxygens (including phenoxy) is 1. The van der Waals surface area contributed by atoms with E-state index in [1.54, 1.807) is 30.2 Å². The lowest BCUT2D eigenvalue weighted by atomic mass is 10.1. The Labute approximate surface area is 151 Å². The van der Waals surface area contributed by atoms with Crippen LogP contribution in [0, 0.1) is 0 Å². The Morgan fingerprint density at radius 1 is 0.958 bits per heavy atom. The number of piperazine rings is 1.